The molecule has 3 rings (SSSR count). The van der Waals surface area contributed by atoms with Crippen LogP contribution in [0.5, 0.6) is 0 Å². The van der Waals surface area contributed by atoms with Gasteiger partial charge in [-0.2, -0.15) is 0 Å². The number of carbonyl (C=O) groups excluding carboxylic acids is 1. The van der Waals surface area contributed by atoms with E-state index in [2.05, 4.69) is 5.32 Å². The number of amides is 1. The van der Waals surface area contributed by atoms with Gasteiger partial charge in [-0.1, -0.05) is 0 Å². The van der Waals surface area contributed by atoms with E-state index in [1.54, 1.807) is 0 Å². The van der Waals surface area contributed by atoms with E-state index in [-0.39, 0.29) is 0 Å². The minimum Gasteiger partial charge on any atom is -0.374 e. The van der Waals surface area contributed by atoms with Crippen LogP contribution in [0.2, 0.25) is 0 Å². The number of aliphatic hydroxyl groups excluding tert-OH is 1. The quantitative estimate of drug-likeness (QED) is 0.709. The molecule has 25 heavy (non-hydrogen) atoms. The van der Waals surface area contributed by atoms with Crippen molar-refractivity contribution in [2.24, 2.45) is 11.7 Å². The van der Waals surface area contributed by atoms with Gasteiger partial charge in [0.05, 0.1) is 11.2 Å². The number of carbonyl (C=O) groups is 1. The Kier molecular flexibility index (Phi) is 4.27. The van der Waals surface area contributed by atoms with E-state index in [1.807, 2.05) is 27.7 Å². The fourth-order valence-corrected chi connectivity index (χ4v) is 5.11. The predicted octanol–water partition coefficient (Wildman–Crippen LogP) is 3.27. The fraction of sp³-hybridized carbons (Fsp3) is 0.706. The standard InChI is InChI=1S/C17H24F2N2O3S/c1-15(2)7-9-10(12(20)22)14(25-11(9)16(3,4)24-15)21-13(23)8-5-17(18,19)6-8/h8,12,22H,5-7,20H2,1-4H3,(H,21,23). The van der Waals surface area contributed by atoms with Gasteiger partial charge in [0.15, 0.2) is 0 Å². The minimum atomic E-state index is -2.76. The second-order valence-electron chi connectivity index (χ2n) is 8.10. The van der Waals surface area contributed by atoms with Gasteiger partial charge in [-0.15, -0.1) is 11.3 Å². The molecule has 0 aromatic carbocycles. The number of aliphatic hydroxyl groups is 1. The van der Waals surface area contributed by atoms with Crippen LogP contribution in [-0.4, -0.2) is 22.5 Å². The monoisotopic (exact) mass is 374 g/mol. The van der Waals surface area contributed by atoms with E-state index in [9.17, 15) is 18.7 Å². The third-order valence-electron chi connectivity index (χ3n) is 4.72. The number of ether oxygens (including phenoxy) is 1. The first kappa shape index (κ1) is 18.7. The van der Waals surface area contributed by atoms with Crippen LogP contribution in [0.1, 0.15) is 62.8 Å². The summed E-state index contributed by atoms with van der Waals surface area (Å²) < 4.78 is 32.2. The molecule has 1 fully saturated rings. The normalized spacial score (nSPS) is 25.0. The molecule has 1 aromatic heterocycles. The Balaban J connectivity index is 1.93. The molecule has 1 aliphatic carbocycles. The molecule has 1 amide bonds. The highest BCUT2D eigenvalue weighted by atomic mass is 32.1. The molecule has 1 unspecified atom stereocenters. The van der Waals surface area contributed by atoms with E-state index in [4.69, 9.17) is 10.5 Å². The van der Waals surface area contributed by atoms with Crippen LogP contribution >= 0.6 is 11.3 Å². The summed E-state index contributed by atoms with van der Waals surface area (Å²) in [6, 6.07) is 0. The zero-order chi connectivity index (χ0) is 18.8. The lowest BCUT2D eigenvalue weighted by Gasteiger charge is -2.41. The number of nitrogens with two attached hydrogens (primary N) is 1. The molecule has 2 heterocycles. The maximum atomic E-state index is 13.0. The third-order valence-corrected chi connectivity index (χ3v) is 6.19. The molecular formula is C17H24F2N2O3S. The topological polar surface area (TPSA) is 84.6 Å². The van der Waals surface area contributed by atoms with E-state index < -0.39 is 48.0 Å². The summed E-state index contributed by atoms with van der Waals surface area (Å²) in [5, 5.41) is 13.2. The zero-order valence-corrected chi connectivity index (χ0v) is 15.6. The van der Waals surface area contributed by atoms with Crippen LogP contribution in [-0.2, 0) is 21.6 Å². The highest BCUT2D eigenvalue weighted by Crippen LogP contribution is 2.50. The number of alkyl halides is 2. The molecule has 2 aliphatic rings. The first-order chi connectivity index (χ1) is 11.3. The van der Waals surface area contributed by atoms with Crippen LogP contribution in [0.4, 0.5) is 13.8 Å². The molecule has 1 atom stereocenters. The maximum absolute atomic E-state index is 13.0. The summed E-state index contributed by atoms with van der Waals surface area (Å²) >= 11 is 1.29. The largest absolute Gasteiger partial charge is 0.374 e. The number of hydrogen-bond acceptors (Lipinski definition) is 5. The predicted molar refractivity (Wildman–Crippen MR) is 91.7 cm³/mol. The Hall–Kier alpha value is -1.09. The number of halogens is 2. The molecule has 140 valence electrons. The van der Waals surface area contributed by atoms with Crippen LogP contribution in [0.25, 0.3) is 0 Å². The zero-order valence-electron chi connectivity index (χ0n) is 14.8. The number of fused-ring (bicyclic) bond motifs is 1. The van der Waals surface area contributed by atoms with Gasteiger partial charge in [0.25, 0.3) is 0 Å². The van der Waals surface area contributed by atoms with E-state index in [0.29, 0.717) is 17.0 Å². The summed E-state index contributed by atoms with van der Waals surface area (Å²) in [5.74, 6) is -3.92. The molecule has 4 N–H and O–H groups in total. The molecule has 0 spiro atoms. The van der Waals surface area contributed by atoms with Gasteiger partial charge in [-0.05, 0) is 33.3 Å². The minimum absolute atomic E-state index is 0.426. The van der Waals surface area contributed by atoms with Crippen molar-refractivity contribution in [3.63, 3.8) is 0 Å². The van der Waals surface area contributed by atoms with Crippen molar-refractivity contribution < 1.29 is 23.4 Å². The SMILES string of the molecule is CC1(C)Cc2c(sc(NC(=O)C3CC(F)(F)C3)c2C(N)O)C(C)(C)O1. The highest BCUT2D eigenvalue weighted by Gasteiger charge is 2.49. The van der Waals surface area contributed by atoms with Crippen LogP contribution in [0, 0.1) is 5.92 Å². The molecule has 1 saturated carbocycles. The first-order valence-corrected chi connectivity index (χ1v) is 9.11. The van der Waals surface area contributed by atoms with Crippen molar-refractivity contribution in [2.45, 2.75) is 70.3 Å². The molecule has 5 nitrogen and oxygen atoms in total. The summed E-state index contributed by atoms with van der Waals surface area (Å²) in [5.41, 5.74) is 6.04. The average molecular weight is 374 g/mol. The number of rotatable bonds is 3. The summed E-state index contributed by atoms with van der Waals surface area (Å²) in [7, 11) is 0. The second-order valence-corrected chi connectivity index (χ2v) is 9.12. The lowest BCUT2D eigenvalue weighted by Crippen LogP contribution is -2.42. The van der Waals surface area contributed by atoms with E-state index >= 15 is 0 Å². The molecule has 0 radical (unpaired) electrons. The van der Waals surface area contributed by atoms with Crippen molar-refractivity contribution in [1.29, 1.82) is 0 Å². The van der Waals surface area contributed by atoms with Gasteiger partial charge >= 0.3 is 0 Å². The van der Waals surface area contributed by atoms with Crippen molar-refractivity contribution >= 4 is 22.2 Å². The van der Waals surface area contributed by atoms with Crippen molar-refractivity contribution in [3.8, 4) is 0 Å². The Morgan fingerprint density at radius 2 is 1.96 bits per heavy atom. The fourth-order valence-electron chi connectivity index (χ4n) is 3.80. The first-order valence-electron chi connectivity index (χ1n) is 8.30. The number of nitrogens with one attached hydrogen (secondary N) is 1. The van der Waals surface area contributed by atoms with Gasteiger partial charge in [0.1, 0.15) is 11.2 Å². The summed E-state index contributed by atoms with van der Waals surface area (Å²) in [4.78, 5) is 13.2. The van der Waals surface area contributed by atoms with Crippen LogP contribution in [0.15, 0.2) is 0 Å². The molecule has 1 aliphatic heterocycles. The van der Waals surface area contributed by atoms with E-state index in [0.717, 1.165) is 10.4 Å². The second kappa shape index (κ2) is 5.70. The van der Waals surface area contributed by atoms with Crippen molar-refractivity contribution in [1.82, 2.24) is 0 Å². The van der Waals surface area contributed by atoms with Gasteiger partial charge in [-0.3, -0.25) is 4.79 Å². The smallest absolute Gasteiger partial charge is 0.249 e. The molecular weight excluding hydrogens is 350 g/mol. The third kappa shape index (κ3) is 3.45. The van der Waals surface area contributed by atoms with Gasteiger partial charge in [0.2, 0.25) is 11.8 Å². The number of hydrogen-bond donors (Lipinski definition) is 3. The Bertz CT molecular complexity index is 705. The van der Waals surface area contributed by atoms with Crippen LogP contribution in [0.3, 0.4) is 0 Å². The maximum Gasteiger partial charge on any atom is 0.249 e. The average Bonchev–Trinajstić information content (AvgIpc) is 2.72. The Morgan fingerprint density at radius 1 is 1.36 bits per heavy atom. The van der Waals surface area contributed by atoms with Gasteiger partial charge in [-0.25, -0.2) is 8.78 Å². The number of anilines is 1. The van der Waals surface area contributed by atoms with Crippen molar-refractivity contribution in [3.05, 3.63) is 16.0 Å². The Morgan fingerprint density at radius 3 is 2.48 bits per heavy atom. The van der Waals surface area contributed by atoms with Crippen molar-refractivity contribution in [2.75, 3.05) is 5.32 Å². The summed E-state index contributed by atoms with van der Waals surface area (Å²) in [6.07, 6.45) is -1.59. The number of thiophene rings is 1. The van der Waals surface area contributed by atoms with Gasteiger partial charge < -0.3 is 20.9 Å². The molecule has 1 aromatic rings. The van der Waals surface area contributed by atoms with Gasteiger partial charge in [0, 0.05) is 35.6 Å². The van der Waals surface area contributed by atoms with E-state index in [1.165, 1.54) is 11.3 Å². The summed E-state index contributed by atoms with van der Waals surface area (Å²) in [6.45, 7) is 7.76. The molecule has 0 bridgehead atoms. The lowest BCUT2D eigenvalue weighted by molar-refractivity contribution is -0.145. The molecule has 8 heteroatoms. The Labute approximate surface area is 149 Å². The van der Waals surface area contributed by atoms with Crippen LogP contribution < -0.4 is 11.1 Å². The molecule has 0 saturated heterocycles. The highest BCUT2D eigenvalue weighted by molar-refractivity contribution is 7.16. The lowest BCUT2D eigenvalue weighted by atomic mass is 9.81.